The fraction of sp³-hybridized carbons (Fsp3) is 0.900. The third-order valence-corrected chi connectivity index (χ3v) is 4.72. The Bertz CT molecular complexity index is 318. The SMILES string of the molecule is C(#CCOC1CCCCO1)CCCCCCCCCC1CC1. The van der Waals surface area contributed by atoms with E-state index < -0.39 is 0 Å². The molecule has 1 saturated carbocycles. The fourth-order valence-corrected chi connectivity index (χ4v) is 3.05. The van der Waals surface area contributed by atoms with Gasteiger partial charge in [-0.25, -0.2) is 0 Å². The summed E-state index contributed by atoms with van der Waals surface area (Å²) >= 11 is 0. The summed E-state index contributed by atoms with van der Waals surface area (Å²) < 4.78 is 11.1. The van der Waals surface area contributed by atoms with Crippen LogP contribution in [0.3, 0.4) is 0 Å². The van der Waals surface area contributed by atoms with Crippen LogP contribution in [0.4, 0.5) is 0 Å². The van der Waals surface area contributed by atoms with Gasteiger partial charge in [-0.2, -0.15) is 0 Å². The molecule has 0 aromatic rings. The Morgan fingerprint density at radius 1 is 0.818 bits per heavy atom. The van der Waals surface area contributed by atoms with Crippen LogP contribution in [0.15, 0.2) is 0 Å². The molecule has 0 aromatic heterocycles. The molecule has 22 heavy (non-hydrogen) atoms. The lowest BCUT2D eigenvalue weighted by atomic mass is 10.1. The molecule has 2 aliphatic rings. The second-order valence-electron chi connectivity index (χ2n) is 6.92. The fourth-order valence-electron chi connectivity index (χ4n) is 3.05. The van der Waals surface area contributed by atoms with Gasteiger partial charge in [-0.05, 0) is 31.6 Å². The van der Waals surface area contributed by atoms with Gasteiger partial charge in [0.15, 0.2) is 6.29 Å². The molecule has 2 fully saturated rings. The van der Waals surface area contributed by atoms with Crippen molar-refractivity contribution in [3.63, 3.8) is 0 Å². The molecule has 0 aromatic carbocycles. The minimum atomic E-state index is 0.00274. The minimum absolute atomic E-state index is 0.00274. The molecule has 0 radical (unpaired) electrons. The Labute approximate surface area is 137 Å². The second-order valence-corrected chi connectivity index (χ2v) is 6.92. The van der Waals surface area contributed by atoms with Crippen molar-refractivity contribution >= 4 is 0 Å². The van der Waals surface area contributed by atoms with Crippen LogP contribution in [0.1, 0.15) is 89.9 Å². The van der Waals surface area contributed by atoms with E-state index in [1.165, 1.54) is 77.0 Å². The zero-order valence-corrected chi connectivity index (χ0v) is 14.3. The van der Waals surface area contributed by atoms with E-state index in [4.69, 9.17) is 9.47 Å². The summed E-state index contributed by atoms with van der Waals surface area (Å²) in [6.07, 6.45) is 18.7. The van der Waals surface area contributed by atoms with Crippen LogP contribution in [0.2, 0.25) is 0 Å². The molecule has 0 bridgehead atoms. The van der Waals surface area contributed by atoms with Crippen molar-refractivity contribution in [1.82, 2.24) is 0 Å². The minimum Gasteiger partial charge on any atom is -0.353 e. The van der Waals surface area contributed by atoms with E-state index in [2.05, 4.69) is 11.8 Å². The third-order valence-electron chi connectivity index (χ3n) is 4.72. The highest BCUT2D eigenvalue weighted by atomic mass is 16.7. The predicted octanol–water partition coefficient (Wildman–Crippen LogP) is 5.45. The van der Waals surface area contributed by atoms with Crippen molar-refractivity contribution in [2.45, 2.75) is 96.2 Å². The average molecular weight is 306 g/mol. The summed E-state index contributed by atoms with van der Waals surface area (Å²) in [6.45, 7) is 1.38. The van der Waals surface area contributed by atoms with Crippen molar-refractivity contribution in [2.24, 2.45) is 5.92 Å². The quantitative estimate of drug-likeness (QED) is 0.373. The maximum atomic E-state index is 5.59. The zero-order chi connectivity index (χ0) is 15.3. The summed E-state index contributed by atoms with van der Waals surface area (Å²) in [4.78, 5) is 0. The lowest BCUT2D eigenvalue weighted by Gasteiger charge is -2.21. The van der Waals surface area contributed by atoms with Crippen LogP contribution in [0.25, 0.3) is 0 Å². The van der Waals surface area contributed by atoms with Gasteiger partial charge in [0, 0.05) is 13.0 Å². The van der Waals surface area contributed by atoms with Crippen LogP contribution in [0.5, 0.6) is 0 Å². The summed E-state index contributed by atoms with van der Waals surface area (Å²) in [6, 6.07) is 0. The van der Waals surface area contributed by atoms with Crippen molar-refractivity contribution in [2.75, 3.05) is 13.2 Å². The van der Waals surface area contributed by atoms with Gasteiger partial charge in [0.1, 0.15) is 6.61 Å². The molecular formula is C20H34O2. The Morgan fingerprint density at radius 3 is 2.32 bits per heavy atom. The highest BCUT2D eigenvalue weighted by molar-refractivity contribution is 4.98. The average Bonchev–Trinajstić information content (AvgIpc) is 3.37. The molecule has 1 aliphatic carbocycles. The Hall–Kier alpha value is -0.520. The molecule has 1 unspecified atom stereocenters. The molecule has 1 saturated heterocycles. The maximum absolute atomic E-state index is 5.59. The van der Waals surface area contributed by atoms with Crippen molar-refractivity contribution in [3.05, 3.63) is 0 Å². The van der Waals surface area contributed by atoms with E-state index >= 15 is 0 Å². The van der Waals surface area contributed by atoms with Crippen LogP contribution in [-0.4, -0.2) is 19.5 Å². The van der Waals surface area contributed by atoms with E-state index in [1.54, 1.807) is 0 Å². The molecule has 126 valence electrons. The number of hydrogen-bond acceptors (Lipinski definition) is 2. The van der Waals surface area contributed by atoms with Crippen molar-refractivity contribution in [3.8, 4) is 11.8 Å². The molecule has 2 rings (SSSR count). The predicted molar refractivity (Wildman–Crippen MR) is 91.6 cm³/mol. The lowest BCUT2D eigenvalue weighted by molar-refractivity contribution is -0.154. The highest BCUT2D eigenvalue weighted by Crippen LogP contribution is 2.34. The largest absolute Gasteiger partial charge is 0.353 e. The normalized spacial score (nSPS) is 21.4. The molecule has 1 heterocycles. The van der Waals surface area contributed by atoms with E-state index in [-0.39, 0.29) is 6.29 Å². The highest BCUT2D eigenvalue weighted by Gasteiger charge is 2.19. The Balaban J connectivity index is 1.28. The number of unbranched alkanes of at least 4 members (excludes halogenated alkanes) is 7. The molecule has 2 heteroatoms. The molecule has 0 spiro atoms. The van der Waals surface area contributed by atoms with Crippen LogP contribution >= 0.6 is 0 Å². The first-order chi connectivity index (χ1) is 10.9. The smallest absolute Gasteiger partial charge is 0.158 e. The van der Waals surface area contributed by atoms with Crippen LogP contribution in [0, 0.1) is 17.8 Å². The van der Waals surface area contributed by atoms with E-state index in [0.717, 1.165) is 25.4 Å². The molecular weight excluding hydrogens is 272 g/mol. The molecule has 1 aliphatic heterocycles. The lowest BCUT2D eigenvalue weighted by Crippen LogP contribution is -2.22. The molecule has 0 amide bonds. The molecule has 1 atom stereocenters. The van der Waals surface area contributed by atoms with E-state index in [1.807, 2.05) is 0 Å². The van der Waals surface area contributed by atoms with Gasteiger partial charge < -0.3 is 9.47 Å². The third kappa shape index (κ3) is 9.49. The van der Waals surface area contributed by atoms with Crippen LogP contribution < -0.4 is 0 Å². The molecule has 0 N–H and O–H groups in total. The van der Waals surface area contributed by atoms with Gasteiger partial charge in [0.2, 0.25) is 0 Å². The summed E-state index contributed by atoms with van der Waals surface area (Å²) in [5.41, 5.74) is 0. The molecule has 2 nitrogen and oxygen atoms in total. The zero-order valence-electron chi connectivity index (χ0n) is 14.3. The number of ether oxygens (including phenoxy) is 2. The van der Waals surface area contributed by atoms with Crippen molar-refractivity contribution < 1.29 is 9.47 Å². The first-order valence-electron chi connectivity index (χ1n) is 9.64. The van der Waals surface area contributed by atoms with Gasteiger partial charge in [-0.3, -0.25) is 0 Å². The second kappa shape index (κ2) is 12.0. The topological polar surface area (TPSA) is 18.5 Å². The number of hydrogen-bond donors (Lipinski definition) is 0. The van der Waals surface area contributed by atoms with E-state index in [9.17, 15) is 0 Å². The monoisotopic (exact) mass is 306 g/mol. The Kier molecular flexibility index (Phi) is 9.70. The number of rotatable bonds is 11. The summed E-state index contributed by atoms with van der Waals surface area (Å²) in [5.74, 6) is 7.46. The van der Waals surface area contributed by atoms with Gasteiger partial charge in [0.25, 0.3) is 0 Å². The summed E-state index contributed by atoms with van der Waals surface area (Å²) in [5, 5.41) is 0. The van der Waals surface area contributed by atoms with Crippen molar-refractivity contribution in [1.29, 1.82) is 0 Å². The van der Waals surface area contributed by atoms with E-state index in [0.29, 0.717) is 6.61 Å². The van der Waals surface area contributed by atoms with Gasteiger partial charge >= 0.3 is 0 Å². The van der Waals surface area contributed by atoms with Gasteiger partial charge in [0.05, 0.1) is 0 Å². The maximum Gasteiger partial charge on any atom is 0.158 e. The standard InChI is InChI=1S/C20H34O2/c1(3-5-7-9-13-19-15-16-19)2-4-6-8-11-17-21-20-14-10-12-18-22-20/h19-20H,1-7,9-10,12-18H2. The van der Waals surface area contributed by atoms with Gasteiger partial charge in [-0.15, -0.1) is 5.92 Å². The van der Waals surface area contributed by atoms with Gasteiger partial charge in [-0.1, -0.05) is 63.7 Å². The van der Waals surface area contributed by atoms with Crippen LogP contribution in [-0.2, 0) is 9.47 Å². The Morgan fingerprint density at radius 2 is 1.59 bits per heavy atom. The summed E-state index contributed by atoms with van der Waals surface area (Å²) in [7, 11) is 0. The first kappa shape index (κ1) is 17.8. The first-order valence-corrected chi connectivity index (χ1v) is 9.64.